The molecule has 1 heterocycles. The number of aliphatic imine (C=N–C) groups is 1. The summed E-state index contributed by atoms with van der Waals surface area (Å²) < 4.78 is 25.8. The van der Waals surface area contributed by atoms with Gasteiger partial charge in [0.05, 0.1) is 4.90 Å². The van der Waals surface area contributed by atoms with Gasteiger partial charge in [0.25, 0.3) is 0 Å². The maximum absolute atomic E-state index is 11.8. The molecule has 2 atom stereocenters. The Hall–Kier alpha value is -1.64. The second-order valence-corrected chi connectivity index (χ2v) is 8.94. The van der Waals surface area contributed by atoms with Crippen molar-refractivity contribution in [3.63, 3.8) is 0 Å². The second kappa shape index (κ2) is 8.83. The van der Waals surface area contributed by atoms with Gasteiger partial charge in [-0.3, -0.25) is 9.89 Å². The Labute approximate surface area is 157 Å². The Kier molecular flexibility index (Phi) is 7.02. The number of hydrogen-bond acceptors (Lipinski definition) is 4. The monoisotopic (exact) mass is 381 g/mol. The highest BCUT2D eigenvalue weighted by Crippen LogP contribution is 2.18. The molecule has 1 aliphatic rings. The van der Waals surface area contributed by atoms with E-state index in [0.717, 1.165) is 24.6 Å². The van der Waals surface area contributed by atoms with Crippen LogP contribution < -0.4 is 15.4 Å². The fourth-order valence-electron chi connectivity index (χ4n) is 3.07. The summed E-state index contributed by atoms with van der Waals surface area (Å²) in [6.07, 6.45) is 0. The van der Waals surface area contributed by atoms with E-state index in [1.54, 1.807) is 19.2 Å². The van der Waals surface area contributed by atoms with E-state index >= 15 is 0 Å². The standard InChI is InChI=1S/C18H31N5O2S/c1-13(2)23-11-14(3)17(12-23)22-18(19-4)21-10-15-6-8-16(9-7-15)26(24,25)20-5/h6-9,13-14,17,20H,10-12H2,1-5H3,(H2,19,21,22). The maximum atomic E-state index is 11.8. The summed E-state index contributed by atoms with van der Waals surface area (Å²) in [5.74, 6) is 1.32. The lowest BCUT2D eigenvalue weighted by Crippen LogP contribution is -2.46. The van der Waals surface area contributed by atoms with Crippen molar-refractivity contribution in [2.75, 3.05) is 27.2 Å². The van der Waals surface area contributed by atoms with E-state index < -0.39 is 10.0 Å². The molecule has 1 aromatic rings. The molecule has 8 heteroatoms. The molecule has 26 heavy (non-hydrogen) atoms. The van der Waals surface area contributed by atoms with Crippen LogP contribution in [0.25, 0.3) is 0 Å². The average molecular weight is 382 g/mol. The van der Waals surface area contributed by atoms with Gasteiger partial charge in [0, 0.05) is 38.8 Å². The molecule has 0 aromatic heterocycles. The minimum Gasteiger partial charge on any atom is -0.352 e. The summed E-state index contributed by atoms with van der Waals surface area (Å²) in [6.45, 7) is 9.38. The first-order valence-corrected chi connectivity index (χ1v) is 10.5. The lowest BCUT2D eigenvalue weighted by Gasteiger charge is -2.22. The second-order valence-electron chi connectivity index (χ2n) is 7.05. The molecular formula is C18H31N5O2S. The lowest BCUT2D eigenvalue weighted by atomic mass is 10.1. The third kappa shape index (κ3) is 5.18. The zero-order valence-corrected chi connectivity index (χ0v) is 17.1. The van der Waals surface area contributed by atoms with E-state index in [9.17, 15) is 8.42 Å². The van der Waals surface area contributed by atoms with E-state index in [4.69, 9.17) is 0 Å². The van der Waals surface area contributed by atoms with E-state index in [1.165, 1.54) is 7.05 Å². The fourth-order valence-corrected chi connectivity index (χ4v) is 3.80. The number of hydrogen-bond donors (Lipinski definition) is 3. The topological polar surface area (TPSA) is 85.8 Å². The third-order valence-electron chi connectivity index (χ3n) is 4.88. The summed E-state index contributed by atoms with van der Waals surface area (Å²) in [7, 11) is -0.227. The van der Waals surface area contributed by atoms with Crippen molar-refractivity contribution in [2.24, 2.45) is 10.9 Å². The number of sulfonamides is 1. The summed E-state index contributed by atoms with van der Waals surface area (Å²) in [4.78, 5) is 7.04. The normalized spacial score (nSPS) is 22.0. The van der Waals surface area contributed by atoms with Crippen LogP contribution in [0.1, 0.15) is 26.3 Å². The lowest BCUT2D eigenvalue weighted by molar-refractivity contribution is 0.265. The van der Waals surface area contributed by atoms with Gasteiger partial charge in [0.2, 0.25) is 10.0 Å². The quantitative estimate of drug-likeness (QED) is 0.505. The highest BCUT2D eigenvalue weighted by Gasteiger charge is 2.31. The highest BCUT2D eigenvalue weighted by molar-refractivity contribution is 7.89. The van der Waals surface area contributed by atoms with Gasteiger partial charge in [-0.15, -0.1) is 0 Å². The van der Waals surface area contributed by atoms with Crippen LogP contribution in [0.4, 0.5) is 0 Å². The zero-order chi connectivity index (χ0) is 19.3. The molecule has 0 amide bonds. The summed E-state index contributed by atoms with van der Waals surface area (Å²) >= 11 is 0. The number of guanidine groups is 1. The van der Waals surface area contributed by atoms with Crippen molar-refractivity contribution in [2.45, 2.75) is 44.3 Å². The van der Waals surface area contributed by atoms with Gasteiger partial charge >= 0.3 is 0 Å². The summed E-state index contributed by atoms with van der Waals surface area (Å²) in [5.41, 5.74) is 0.992. The highest BCUT2D eigenvalue weighted by atomic mass is 32.2. The molecule has 0 spiro atoms. The zero-order valence-electron chi connectivity index (χ0n) is 16.3. The Bertz CT molecular complexity index is 716. The minimum atomic E-state index is -3.40. The van der Waals surface area contributed by atoms with Crippen LogP contribution in [0, 0.1) is 5.92 Å². The summed E-state index contributed by atoms with van der Waals surface area (Å²) in [5, 5.41) is 6.81. The molecule has 7 nitrogen and oxygen atoms in total. The Morgan fingerprint density at radius 3 is 2.42 bits per heavy atom. The molecule has 2 rings (SSSR count). The molecule has 1 aliphatic heterocycles. The molecule has 0 aliphatic carbocycles. The van der Waals surface area contributed by atoms with Crippen molar-refractivity contribution in [3.05, 3.63) is 29.8 Å². The molecule has 146 valence electrons. The number of rotatable bonds is 6. The Balaban J connectivity index is 1.91. The van der Waals surface area contributed by atoms with Gasteiger partial charge in [-0.1, -0.05) is 19.1 Å². The van der Waals surface area contributed by atoms with Crippen molar-refractivity contribution in [1.82, 2.24) is 20.3 Å². The third-order valence-corrected chi connectivity index (χ3v) is 6.31. The van der Waals surface area contributed by atoms with Crippen LogP contribution in [-0.2, 0) is 16.6 Å². The van der Waals surface area contributed by atoms with Gasteiger partial charge < -0.3 is 10.6 Å². The van der Waals surface area contributed by atoms with E-state index in [2.05, 4.69) is 46.0 Å². The Morgan fingerprint density at radius 2 is 1.92 bits per heavy atom. The van der Waals surface area contributed by atoms with Crippen LogP contribution in [0.15, 0.2) is 34.2 Å². The average Bonchev–Trinajstić information content (AvgIpc) is 2.99. The molecule has 2 unspecified atom stereocenters. The van der Waals surface area contributed by atoms with Crippen molar-refractivity contribution in [3.8, 4) is 0 Å². The van der Waals surface area contributed by atoms with Gasteiger partial charge in [-0.25, -0.2) is 13.1 Å². The predicted molar refractivity (Wildman–Crippen MR) is 106 cm³/mol. The summed E-state index contributed by atoms with van der Waals surface area (Å²) in [6, 6.07) is 7.75. The van der Waals surface area contributed by atoms with E-state index in [1.807, 2.05) is 12.1 Å². The number of likely N-dealkylation sites (tertiary alicyclic amines) is 1. The largest absolute Gasteiger partial charge is 0.352 e. The molecule has 0 bridgehead atoms. The van der Waals surface area contributed by atoms with Gasteiger partial charge in [0.15, 0.2) is 5.96 Å². The van der Waals surface area contributed by atoms with Gasteiger partial charge in [0.1, 0.15) is 0 Å². The van der Waals surface area contributed by atoms with Crippen LogP contribution in [0.3, 0.4) is 0 Å². The maximum Gasteiger partial charge on any atom is 0.240 e. The van der Waals surface area contributed by atoms with Crippen molar-refractivity contribution < 1.29 is 8.42 Å². The van der Waals surface area contributed by atoms with Gasteiger partial charge in [-0.2, -0.15) is 0 Å². The molecule has 3 N–H and O–H groups in total. The molecule has 1 saturated heterocycles. The first-order chi connectivity index (χ1) is 12.3. The van der Waals surface area contributed by atoms with Crippen LogP contribution in [0.2, 0.25) is 0 Å². The van der Waals surface area contributed by atoms with Crippen LogP contribution in [0.5, 0.6) is 0 Å². The van der Waals surface area contributed by atoms with Crippen molar-refractivity contribution in [1.29, 1.82) is 0 Å². The smallest absolute Gasteiger partial charge is 0.240 e. The molecular weight excluding hydrogens is 350 g/mol. The molecule has 1 fully saturated rings. The predicted octanol–water partition coefficient (Wildman–Crippen LogP) is 0.988. The first kappa shape index (κ1) is 20.7. The van der Waals surface area contributed by atoms with Crippen LogP contribution in [-0.4, -0.2) is 58.5 Å². The van der Waals surface area contributed by atoms with E-state index in [0.29, 0.717) is 24.5 Å². The van der Waals surface area contributed by atoms with Gasteiger partial charge in [-0.05, 0) is 44.5 Å². The fraction of sp³-hybridized carbons (Fsp3) is 0.611. The Morgan fingerprint density at radius 1 is 1.27 bits per heavy atom. The number of nitrogens with one attached hydrogen (secondary N) is 3. The molecule has 1 aromatic carbocycles. The van der Waals surface area contributed by atoms with E-state index in [-0.39, 0.29) is 4.90 Å². The molecule has 0 radical (unpaired) electrons. The number of benzene rings is 1. The molecule has 0 saturated carbocycles. The van der Waals surface area contributed by atoms with Crippen LogP contribution >= 0.6 is 0 Å². The minimum absolute atomic E-state index is 0.264. The first-order valence-electron chi connectivity index (χ1n) is 9.00. The number of nitrogens with zero attached hydrogens (tertiary/aromatic N) is 2. The SMILES string of the molecule is CN=C(NCc1ccc(S(=O)(=O)NC)cc1)NC1CN(C(C)C)CC1C. The van der Waals surface area contributed by atoms with Crippen molar-refractivity contribution >= 4 is 16.0 Å².